The number of hydrogen-bond donors (Lipinski definition) is 2. The summed E-state index contributed by atoms with van der Waals surface area (Å²) >= 11 is 1.36. The van der Waals surface area contributed by atoms with Gasteiger partial charge < -0.3 is 21.3 Å². The van der Waals surface area contributed by atoms with Crippen LogP contribution in [-0.4, -0.2) is 58.3 Å². The van der Waals surface area contributed by atoms with Crippen LogP contribution in [0.3, 0.4) is 0 Å². The summed E-state index contributed by atoms with van der Waals surface area (Å²) in [5.74, 6) is -0.0516. The van der Waals surface area contributed by atoms with Crippen LogP contribution in [0.1, 0.15) is 32.4 Å². The Morgan fingerprint density at radius 1 is 1.43 bits per heavy atom. The number of nitrogen functional groups attached to an aromatic ring is 1. The Balaban J connectivity index is 2.00. The number of carbonyl (C=O) groups excluding carboxylic acids is 2. The quantitative estimate of drug-likeness (QED) is 0.783. The number of likely N-dealkylation sites (N-methyl/N-ethyl adjacent to an activating group) is 1. The highest BCUT2D eigenvalue weighted by Gasteiger charge is 2.39. The maximum absolute atomic E-state index is 12.6. The number of nitrogens with zero attached hydrogens (tertiary/aromatic N) is 3. The summed E-state index contributed by atoms with van der Waals surface area (Å²) in [5.41, 5.74) is 12.4. The maximum Gasteiger partial charge on any atom is 0.245 e. The molecule has 2 rings (SSSR count). The van der Waals surface area contributed by atoms with Gasteiger partial charge in [-0.15, -0.1) is 11.3 Å². The van der Waals surface area contributed by atoms with E-state index in [0.29, 0.717) is 44.0 Å². The molecule has 1 saturated heterocycles. The van der Waals surface area contributed by atoms with Crippen molar-refractivity contribution < 1.29 is 9.59 Å². The molecule has 1 aromatic rings. The summed E-state index contributed by atoms with van der Waals surface area (Å²) in [6.07, 6.45) is 1.38. The van der Waals surface area contributed by atoms with Crippen LogP contribution in [0.25, 0.3) is 0 Å². The molecule has 7 nitrogen and oxygen atoms in total. The van der Waals surface area contributed by atoms with Crippen LogP contribution in [-0.2, 0) is 16.0 Å². The summed E-state index contributed by atoms with van der Waals surface area (Å²) in [4.78, 5) is 32.7. The van der Waals surface area contributed by atoms with Gasteiger partial charge in [-0.05, 0) is 26.7 Å². The van der Waals surface area contributed by atoms with Crippen molar-refractivity contribution in [3.63, 3.8) is 0 Å². The first-order chi connectivity index (χ1) is 11.0. The number of rotatable bonds is 6. The zero-order valence-electron chi connectivity index (χ0n) is 13.7. The molecule has 2 atom stereocenters. The van der Waals surface area contributed by atoms with E-state index < -0.39 is 6.04 Å². The molecule has 0 spiro atoms. The van der Waals surface area contributed by atoms with Gasteiger partial charge in [-0.1, -0.05) is 0 Å². The van der Waals surface area contributed by atoms with Crippen molar-refractivity contribution in [3.05, 3.63) is 11.1 Å². The van der Waals surface area contributed by atoms with E-state index in [1.165, 1.54) is 11.3 Å². The smallest absolute Gasteiger partial charge is 0.245 e. The van der Waals surface area contributed by atoms with Crippen LogP contribution in [0.4, 0.5) is 5.13 Å². The normalized spacial score (nSPS) is 20.7. The van der Waals surface area contributed by atoms with E-state index >= 15 is 0 Å². The molecule has 1 fully saturated rings. The average molecular weight is 339 g/mol. The van der Waals surface area contributed by atoms with Gasteiger partial charge in [0, 0.05) is 37.5 Å². The molecule has 0 bridgehead atoms. The van der Waals surface area contributed by atoms with E-state index in [-0.39, 0.29) is 17.9 Å². The number of likely N-dealkylation sites (tertiary alicyclic amines) is 1. The Kier molecular flexibility index (Phi) is 5.95. The maximum atomic E-state index is 12.6. The molecule has 2 amide bonds. The van der Waals surface area contributed by atoms with Crippen molar-refractivity contribution in [2.24, 2.45) is 5.73 Å². The summed E-state index contributed by atoms with van der Waals surface area (Å²) in [6.45, 7) is 5.60. The van der Waals surface area contributed by atoms with Gasteiger partial charge in [0.15, 0.2) is 5.13 Å². The largest absolute Gasteiger partial charge is 0.375 e. The zero-order valence-corrected chi connectivity index (χ0v) is 14.5. The number of nitrogens with two attached hydrogens (primary N) is 2. The van der Waals surface area contributed by atoms with Gasteiger partial charge in [0.05, 0.1) is 5.69 Å². The minimum atomic E-state index is -0.432. The first kappa shape index (κ1) is 17.7. The monoisotopic (exact) mass is 339 g/mol. The number of carbonyl (C=O) groups is 2. The lowest BCUT2D eigenvalue weighted by Crippen LogP contribution is -2.47. The standard InChI is InChI=1S/C15H25N5O2S/c1-3-19(4-2)14(22)12-7-10(16)8-20(12)13(21)6-5-11-9-23-15(17)18-11/h9-10,12H,3-8,16H2,1-2H3,(H2,17,18)/t10-,12-/m0/s1. The van der Waals surface area contributed by atoms with E-state index in [0.717, 1.165) is 5.69 Å². The number of hydrogen-bond acceptors (Lipinski definition) is 6. The summed E-state index contributed by atoms with van der Waals surface area (Å²) in [7, 11) is 0. The van der Waals surface area contributed by atoms with Crippen LogP contribution >= 0.6 is 11.3 Å². The Morgan fingerprint density at radius 2 is 2.13 bits per heavy atom. The SMILES string of the molecule is CCN(CC)C(=O)[C@@H]1C[C@H](N)CN1C(=O)CCc1csc(N)n1. The fourth-order valence-corrected chi connectivity index (χ4v) is 3.54. The Labute approximate surface area is 140 Å². The molecular weight excluding hydrogens is 314 g/mol. The fraction of sp³-hybridized carbons (Fsp3) is 0.667. The van der Waals surface area contributed by atoms with Gasteiger partial charge in [-0.3, -0.25) is 9.59 Å². The van der Waals surface area contributed by atoms with Crippen molar-refractivity contribution in [2.45, 2.75) is 45.2 Å². The third-order valence-electron chi connectivity index (χ3n) is 4.18. The Hall–Kier alpha value is -1.67. The lowest BCUT2D eigenvalue weighted by atomic mass is 10.1. The highest BCUT2D eigenvalue weighted by molar-refractivity contribution is 7.13. The predicted octanol–water partition coefficient (Wildman–Crippen LogP) is 0.455. The number of amides is 2. The number of aromatic nitrogens is 1. The first-order valence-corrected chi connectivity index (χ1v) is 8.87. The molecule has 1 aliphatic rings. The van der Waals surface area contributed by atoms with E-state index in [4.69, 9.17) is 11.5 Å². The predicted molar refractivity (Wildman–Crippen MR) is 90.9 cm³/mol. The molecule has 0 unspecified atom stereocenters. The van der Waals surface area contributed by atoms with Gasteiger partial charge in [-0.2, -0.15) is 0 Å². The van der Waals surface area contributed by atoms with E-state index in [9.17, 15) is 9.59 Å². The molecule has 0 radical (unpaired) electrons. The van der Waals surface area contributed by atoms with Crippen LogP contribution in [0.5, 0.6) is 0 Å². The van der Waals surface area contributed by atoms with E-state index in [1.54, 1.807) is 9.80 Å². The molecule has 4 N–H and O–H groups in total. The minimum Gasteiger partial charge on any atom is -0.375 e. The number of thiazole rings is 1. The molecule has 0 aliphatic carbocycles. The topological polar surface area (TPSA) is 106 Å². The summed E-state index contributed by atoms with van der Waals surface area (Å²) in [6, 6.07) is -0.573. The van der Waals surface area contributed by atoms with Gasteiger partial charge >= 0.3 is 0 Å². The van der Waals surface area contributed by atoms with Crippen molar-refractivity contribution in [3.8, 4) is 0 Å². The fourth-order valence-electron chi connectivity index (χ4n) is 2.94. The molecule has 0 aromatic carbocycles. The average Bonchev–Trinajstić information content (AvgIpc) is 3.11. The van der Waals surface area contributed by atoms with Crippen molar-refractivity contribution in [1.29, 1.82) is 0 Å². The van der Waals surface area contributed by atoms with E-state index in [2.05, 4.69) is 4.98 Å². The minimum absolute atomic E-state index is 0.00537. The molecule has 1 aliphatic heterocycles. The second-order valence-corrected chi connectivity index (χ2v) is 6.63. The molecule has 0 saturated carbocycles. The van der Waals surface area contributed by atoms with Gasteiger partial charge in [0.1, 0.15) is 6.04 Å². The lowest BCUT2D eigenvalue weighted by molar-refractivity contribution is -0.143. The van der Waals surface area contributed by atoms with Gasteiger partial charge in [0.2, 0.25) is 11.8 Å². The van der Waals surface area contributed by atoms with Crippen LogP contribution < -0.4 is 11.5 Å². The number of aryl methyl sites for hydroxylation is 1. The van der Waals surface area contributed by atoms with Crippen molar-refractivity contribution in [2.75, 3.05) is 25.4 Å². The summed E-state index contributed by atoms with van der Waals surface area (Å²) < 4.78 is 0. The second kappa shape index (κ2) is 7.74. The van der Waals surface area contributed by atoms with E-state index in [1.807, 2.05) is 19.2 Å². The van der Waals surface area contributed by atoms with Gasteiger partial charge in [0.25, 0.3) is 0 Å². The van der Waals surface area contributed by atoms with Crippen molar-refractivity contribution >= 4 is 28.3 Å². The molecular formula is C15H25N5O2S. The summed E-state index contributed by atoms with van der Waals surface area (Å²) in [5, 5.41) is 2.36. The third kappa shape index (κ3) is 4.20. The molecule has 8 heteroatoms. The Morgan fingerprint density at radius 3 is 2.70 bits per heavy atom. The van der Waals surface area contributed by atoms with Crippen LogP contribution in [0.15, 0.2) is 5.38 Å². The third-order valence-corrected chi connectivity index (χ3v) is 4.90. The van der Waals surface area contributed by atoms with Gasteiger partial charge in [-0.25, -0.2) is 4.98 Å². The molecule has 128 valence electrons. The molecule has 1 aromatic heterocycles. The lowest BCUT2D eigenvalue weighted by Gasteiger charge is -2.28. The zero-order chi connectivity index (χ0) is 17.0. The van der Waals surface area contributed by atoms with Crippen LogP contribution in [0.2, 0.25) is 0 Å². The molecule has 2 heterocycles. The van der Waals surface area contributed by atoms with Crippen molar-refractivity contribution in [1.82, 2.24) is 14.8 Å². The number of anilines is 1. The van der Waals surface area contributed by atoms with Crippen LogP contribution in [0, 0.1) is 0 Å². The highest BCUT2D eigenvalue weighted by atomic mass is 32.1. The first-order valence-electron chi connectivity index (χ1n) is 7.99. The second-order valence-electron chi connectivity index (χ2n) is 5.75. The molecule has 23 heavy (non-hydrogen) atoms. The Bertz CT molecular complexity index is 558. The highest BCUT2D eigenvalue weighted by Crippen LogP contribution is 2.21.